The van der Waals surface area contributed by atoms with Gasteiger partial charge in [0.05, 0.1) is 24.7 Å². The smallest absolute Gasteiger partial charge is 0.243 e. The van der Waals surface area contributed by atoms with E-state index in [1.807, 2.05) is 0 Å². The van der Waals surface area contributed by atoms with Gasteiger partial charge in [-0.25, -0.2) is 12.8 Å². The van der Waals surface area contributed by atoms with Crippen LogP contribution < -0.4 is 9.47 Å². The molecule has 2 aromatic carbocycles. The molecule has 0 heterocycles. The molecule has 23 heavy (non-hydrogen) atoms. The summed E-state index contributed by atoms with van der Waals surface area (Å²) in [7, 11) is 0.714. The van der Waals surface area contributed by atoms with E-state index in [9.17, 15) is 12.8 Å². The van der Waals surface area contributed by atoms with Crippen molar-refractivity contribution in [2.24, 2.45) is 0 Å². The van der Waals surface area contributed by atoms with Crippen molar-refractivity contribution < 1.29 is 22.3 Å². The molecule has 7 heteroatoms. The zero-order valence-corrected chi connectivity index (χ0v) is 13.9. The maximum absolute atomic E-state index is 13.0. The van der Waals surface area contributed by atoms with Gasteiger partial charge in [-0.1, -0.05) is 6.07 Å². The fourth-order valence-corrected chi connectivity index (χ4v) is 3.32. The molecule has 2 aromatic rings. The van der Waals surface area contributed by atoms with Crippen LogP contribution in [0.15, 0.2) is 47.4 Å². The van der Waals surface area contributed by atoms with Crippen LogP contribution in [0, 0.1) is 5.82 Å². The van der Waals surface area contributed by atoms with E-state index in [4.69, 9.17) is 9.47 Å². The molecular formula is C16H18FNO4S. The summed E-state index contributed by atoms with van der Waals surface area (Å²) >= 11 is 0. The Morgan fingerprint density at radius 3 is 2.00 bits per heavy atom. The lowest BCUT2D eigenvalue weighted by atomic mass is 10.1. The van der Waals surface area contributed by atoms with Crippen LogP contribution in [-0.2, 0) is 16.6 Å². The highest BCUT2D eigenvalue weighted by molar-refractivity contribution is 7.89. The minimum atomic E-state index is -3.75. The van der Waals surface area contributed by atoms with Crippen LogP contribution in [0.2, 0.25) is 0 Å². The normalized spacial score (nSPS) is 11.5. The highest BCUT2D eigenvalue weighted by Gasteiger charge is 2.23. The first-order valence-electron chi connectivity index (χ1n) is 6.82. The van der Waals surface area contributed by atoms with E-state index in [0.29, 0.717) is 17.1 Å². The number of nitrogens with zero attached hydrogens (tertiary/aromatic N) is 1. The molecule has 0 atom stereocenters. The molecule has 0 unspecified atom stereocenters. The van der Waals surface area contributed by atoms with Gasteiger partial charge in [0, 0.05) is 13.6 Å². The van der Waals surface area contributed by atoms with Crippen molar-refractivity contribution in [1.82, 2.24) is 4.31 Å². The highest BCUT2D eigenvalue weighted by atomic mass is 32.2. The number of ether oxygens (including phenoxy) is 2. The Hall–Kier alpha value is -2.12. The molecule has 0 N–H and O–H groups in total. The Morgan fingerprint density at radius 2 is 1.52 bits per heavy atom. The van der Waals surface area contributed by atoms with E-state index >= 15 is 0 Å². The van der Waals surface area contributed by atoms with E-state index < -0.39 is 15.8 Å². The predicted octanol–water partition coefficient (Wildman–Crippen LogP) is 2.66. The maximum atomic E-state index is 13.0. The van der Waals surface area contributed by atoms with Crippen molar-refractivity contribution in [2.75, 3.05) is 21.3 Å². The Balaban J connectivity index is 2.35. The van der Waals surface area contributed by atoms with E-state index in [1.165, 1.54) is 37.7 Å². The number of rotatable bonds is 6. The molecule has 0 saturated carbocycles. The first-order chi connectivity index (χ1) is 10.9. The first-order valence-corrected chi connectivity index (χ1v) is 8.26. The van der Waals surface area contributed by atoms with Crippen molar-refractivity contribution >= 4 is 10.0 Å². The van der Waals surface area contributed by atoms with Gasteiger partial charge in [-0.15, -0.1) is 0 Å². The molecule has 0 bridgehead atoms. The second-order valence-electron chi connectivity index (χ2n) is 4.86. The fraction of sp³-hybridized carbons (Fsp3) is 0.250. The van der Waals surface area contributed by atoms with Crippen molar-refractivity contribution in [2.45, 2.75) is 11.4 Å². The molecule has 0 aliphatic heterocycles. The van der Waals surface area contributed by atoms with Crippen molar-refractivity contribution in [3.63, 3.8) is 0 Å². The lowest BCUT2D eigenvalue weighted by Crippen LogP contribution is -2.27. The van der Waals surface area contributed by atoms with Crippen LogP contribution in [0.5, 0.6) is 11.5 Å². The van der Waals surface area contributed by atoms with E-state index in [0.717, 1.165) is 12.1 Å². The standard InChI is InChI=1S/C16H18FNO4S/c1-18(23(19,20)13-9-7-12(17)8-10-13)11-14-15(21-2)5-4-6-16(14)22-3/h4-10H,11H2,1-3H3. The summed E-state index contributed by atoms with van der Waals surface area (Å²) in [6, 6.07) is 9.93. The van der Waals surface area contributed by atoms with Gasteiger partial charge in [0.2, 0.25) is 10.0 Å². The second kappa shape index (κ2) is 6.97. The van der Waals surface area contributed by atoms with Gasteiger partial charge in [0.15, 0.2) is 0 Å². The molecule has 0 aliphatic carbocycles. The minimum Gasteiger partial charge on any atom is -0.496 e. The zero-order chi connectivity index (χ0) is 17.0. The Kier molecular flexibility index (Phi) is 5.23. The number of hydrogen-bond donors (Lipinski definition) is 0. The van der Waals surface area contributed by atoms with Crippen LogP contribution in [0.3, 0.4) is 0 Å². The lowest BCUT2D eigenvalue weighted by molar-refractivity contribution is 0.371. The maximum Gasteiger partial charge on any atom is 0.243 e. The minimum absolute atomic E-state index is 0.0234. The van der Waals surface area contributed by atoms with Gasteiger partial charge in [-0.3, -0.25) is 0 Å². The quantitative estimate of drug-likeness (QED) is 0.812. The van der Waals surface area contributed by atoms with Crippen molar-refractivity contribution in [3.05, 3.63) is 53.8 Å². The number of benzene rings is 2. The van der Waals surface area contributed by atoms with Gasteiger partial charge < -0.3 is 9.47 Å². The summed E-state index contributed by atoms with van der Waals surface area (Å²) in [5, 5.41) is 0. The van der Waals surface area contributed by atoms with E-state index in [-0.39, 0.29) is 11.4 Å². The van der Waals surface area contributed by atoms with E-state index in [1.54, 1.807) is 18.2 Å². The van der Waals surface area contributed by atoms with Crippen LogP contribution >= 0.6 is 0 Å². The summed E-state index contributed by atoms with van der Waals surface area (Å²) in [4.78, 5) is 0.0234. The molecular weight excluding hydrogens is 321 g/mol. The Bertz CT molecular complexity index is 753. The van der Waals surface area contributed by atoms with Gasteiger partial charge in [-0.05, 0) is 36.4 Å². The molecule has 0 amide bonds. The summed E-state index contributed by atoms with van der Waals surface area (Å²) in [6.45, 7) is 0.0624. The van der Waals surface area contributed by atoms with E-state index in [2.05, 4.69) is 0 Å². The summed E-state index contributed by atoms with van der Waals surface area (Å²) in [5.74, 6) is 0.578. The third kappa shape index (κ3) is 3.62. The molecule has 0 spiro atoms. The van der Waals surface area contributed by atoms with Crippen molar-refractivity contribution in [3.8, 4) is 11.5 Å². The van der Waals surface area contributed by atoms with Gasteiger partial charge in [0.1, 0.15) is 17.3 Å². The van der Waals surface area contributed by atoms with Crippen LogP contribution in [0.4, 0.5) is 4.39 Å². The largest absolute Gasteiger partial charge is 0.496 e. The first kappa shape index (κ1) is 17.2. The zero-order valence-electron chi connectivity index (χ0n) is 13.1. The predicted molar refractivity (Wildman–Crippen MR) is 84.6 cm³/mol. The van der Waals surface area contributed by atoms with Crippen molar-refractivity contribution in [1.29, 1.82) is 0 Å². The molecule has 0 radical (unpaired) electrons. The van der Waals surface area contributed by atoms with Crippen LogP contribution in [0.25, 0.3) is 0 Å². The van der Waals surface area contributed by atoms with Crippen LogP contribution in [-0.4, -0.2) is 34.0 Å². The average molecular weight is 339 g/mol. The van der Waals surface area contributed by atoms with Gasteiger partial charge in [0.25, 0.3) is 0 Å². The molecule has 5 nitrogen and oxygen atoms in total. The number of methoxy groups -OCH3 is 2. The third-order valence-corrected chi connectivity index (χ3v) is 5.25. The summed E-state index contributed by atoms with van der Waals surface area (Å²) in [5.41, 5.74) is 0.616. The topological polar surface area (TPSA) is 55.8 Å². The fourth-order valence-electron chi connectivity index (χ4n) is 2.18. The SMILES string of the molecule is COc1cccc(OC)c1CN(C)S(=O)(=O)c1ccc(F)cc1. The number of halogens is 1. The molecule has 0 fully saturated rings. The molecule has 124 valence electrons. The molecule has 0 aliphatic rings. The number of hydrogen-bond acceptors (Lipinski definition) is 4. The Morgan fingerprint density at radius 1 is 1.00 bits per heavy atom. The summed E-state index contributed by atoms with van der Waals surface area (Å²) in [6.07, 6.45) is 0. The van der Waals surface area contributed by atoms with Gasteiger partial charge in [-0.2, -0.15) is 4.31 Å². The number of sulfonamides is 1. The van der Waals surface area contributed by atoms with Gasteiger partial charge >= 0.3 is 0 Å². The molecule has 0 saturated heterocycles. The summed E-state index contributed by atoms with van der Waals surface area (Å²) < 4.78 is 49.8. The van der Waals surface area contributed by atoms with Crippen LogP contribution in [0.1, 0.15) is 5.56 Å². The highest BCUT2D eigenvalue weighted by Crippen LogP contribution is 2.30. The molecule has 0 aromatic heterocycles. The lowest BCUT2D eigenvalue weighted by Gasteiger charge is -2.20. The average Bonchev–Trinajstić information content (AvgIpc) is 2.55. The third-order valence-electron chi connectivity index (χ3n) is 3.43. The molecule has 2 rings (SSSR count). The Labute approximate surface area is 135 Å². The monoisotopic (exact) mass is 339 g/mol. The second-order valence-corrected chi connectivity index (χ2v) is 6.90.